The molecule has 144 valence electrons. The number of thioether (sulfide) groups is 1. The lowest BCUT2D eigenvalue weighted by Gasteiger charge is -2.07. The standard InChI is InChI=1S/C19H22N2O4S2/c1-4-25-19(23)21-20-17(16-11-10-15(27-16)12-26-5-2)13-6-8-14(9-7-13)18(22)24-3/h6-11H,4-5,12H2,1-3H3,(H,21,23). The van der Waals surface area contributed by atoms with Crippen LogP contribution in [0.1, 0.15) is 39.5 Å². The molecule has 2 rings (SSSR count). The van der Waals surface area contributed by atoms with E-state index < -0.39 is 12.1 Å². The van der Waals surface area contributed by atoms with Crippen LogP contribution >= 0.6 is 23.1 Å². The quantitative estimate of drug-likeness (QED) is 0.402. The minimum Gasteiger partial charge on any atom is -0.465 e. The second-order valence-electron chi connectivity index (χ2n) is 5.26. The monoisotopic (exact) mass is 406 g/mol. The van der Waals surface area contributed by atoms with Gasteiger partial charge in [-0.25, -0.2) is 15.0 Å². The third-order valence-electron chi connectivity index (χ3n) is 3.46. The molecule has 1 heterocycles. The highest BCUT2D eigenvalue weighted by Gasteiger charge is 2.13. The molecule has 27 heavy (non-hydrogen) atoms. The van der Waals surface area contributed by atoms with Crippen molar-refractivity contribution in [2.45, 2.75) is 19.6 Å². The number of carbonyl (C=O) groups is 2. The molecule has 0 aliphatic rings. The van der Waals surface area contributed by atoms with Gasteiger partial charge >= 0.3 is 12.1 Å². The van der Waals surface area contributed by atoms with Crippen LogP contribution in [-0.4, -0.2) is 37.2 Å². The number of esters is 1. The Morgan fingerprint density at radius 2 is 1.81 bits per heavy atom. The Kier molecular flexibility index (Phi) is 8.35. The molecule has 0 aliphatic carbocycles. The molecule has 0 saturated heterocycles. The summed E-state index contributed by atoms with van der Waals surface area (Å²) in [5.41, 5.74) is 4.25. The summed E-state index contributed by atoms with van der Waals surface area (Å²) in [5.74, 6) is 1.58. The maximum atomic E-state index is 11.6. The number of rotatable bonds is 8. The number of hydrazone groups is 1. The molecular formula is C19H22N2O4S2. The van der Waals surface area contributed by atoms with Gasteiger partial charge in [0.05, 0.1) is 24.2 Å². The predicted octanol–water partition coefficient (Wildman–Crippen LogP) is 4.29. The number of methoxy groups -OCH3 is 1. The molecule has 1 N–H and O–H groups in total. The average molecular weight is 407 g/mol. The van der Waals surface area contributed by atoms with Gasteiger partial charge in [-0.1, -0.05) is 19.1 Å². The number of hydrogen-bond donors (Lipinski definition) is 1. The third kappa shape index (κ3) is 6.11. The van der Waals surface area contributed by atoms with E-state index in [-0.39, 0.29) is 6.61 Å². The van der Waals surface area contributed by atoms with Gasteiger partial charge in [0.1, 0.15) is 5.71 Å². The number of nitrogens with one attached hydrogen (secondary N) is 1. The maximum Gasteiger partial charge on any atom is 0.427 e. The number of ether oxygens (including phenoxy) is 2. The molecule has 0 spiro atoms. The van der Waals surface area contributed by atoms with Gasteiger partial charge in [0, 0.05) is 16.2 Å². The van der Waals surface area contributed by atoms with Gasteiger partial charge in [-0.15, -0.1) is 11.3 Å². The normalized spacial score (nSPS) is 11.1. The first-order valence-corrected chi connectivity index (χ1v) is 10.4. The number of carbonyl (C=O) groups excluding carboxylic acids is 2. The molecule has 0 aliphatic heterocycles. The van der Waals surface area contributed by atoms with Crippen molar-refractivity contribution < 1.29 is 19.1 Å². The number of nitrogens with zero attached hydrogens (tertiary/aromatic N) is 1. The molecule has 0 radical (unpaired) electrons. The van der Waals surface area contributed by atoms with E-state index in [9.17, 15) is 9.59 Å². The van der Waals surface area contributed by atoms with E-state index in [1.807, 2.05) is 17.8 Å². The van der Waals surface area contributed by atoms with E-state index in [0.29, 0.717) is 11.3 Å². The van der Waals surface area contributed by atoms with E-state index in [0.717, 1.165) is 21.9 Å². The van der Waals surface area contributed by atoms with Crippen LogP contribution in [0, 0.1) is 0 Å². The van der Waals surface area contributed by atoms with Crippen molar-refractivity contribution in [3.8, 4) is 0 Å². The van der Waals surface area contributed by atoms with Crippen molar-refractivity contribution in [2.75, 3.05) is 19.5 Å². The van der Waals surface area contributed by atoms with Gasteiger partial charge in [0.25, 0.3) is 0 Å². The molecule has 0 atom stereocenters. The predicted molar refractivity (Wildman–Crippen MR) is 110 cm³/mol. The fourth-order valence-corrected chi connectivity index (χ4v) is 4.00. The van der Waals surface area contributed by atoms with Crippen molar-refractivity contribution in [1.29, 1.82) is 0 Å². The molecule has 2 aromatic rings. The van der Waals surface area contributed by atoms with Crippen molar-refractivity contribution in [2.24, 2.45) is 5.10 Å². The van der Waals surface area contributed by atoms with Gasteiger partial charge in [0.15, 0.2) is 0 Å². The zero-order valence-corrected chi connectivity index (χ0v) is 17.1. The van der Waals surface area contributed by atoms with Gasteiger partial charge < -0.3 is 9.47 Å². The van der Waals surface area contributed by atoms with Crippen LogP contribution in [0.2, 0.25) is 0 Å². The molecular weight excluding hydrogens is 384 g/mol. The van der Waals surface area contributed by atoms with Crippen LogP contribution in [0.5, 0.6) is 0 Å². The largest absolute Gasteiger partial charge is 0.465 e. The lowest BCUT2D eigenvalue weighted by Crippen LogP contribution is -2.21. The molecule has 6 nitrogen and oxygen atoms in total. The Morgan fingerprint density at radius 3 is 2.44 bits per heavy atom. The number of amides is 1. The second kappa shape index (κ2) is 10.7. The van der Waals surface area contributed by atoms with Gasteiger partial charge in [-0.05, 0) is 36.9 Å². The summed E-state index contributed by atoms with van der Waals surface area (Å²) in [6.07, 6.45) is -0.612. The Balaban J connectivity index is 2.31. The molecule has 1 aromatic heterocycles. The van der Waals surface area contributed by atoms with Gasteiger partial charge in [0.2, 0.25) is 0 Å². The molecule has 1 aromatic carbocycles. The van der Waals surface area contributed by atoms with Crippen molar-refractivity contribution in [1.82, 2.24) is 5.43 Å². The smallest absolute Gasteiger partial charge is 0.427 e. The minimum absolute atomic E-state index is 0.266. The van der Waals surface area contributed by atoms with Crippen LogP contribution < -0.4 is 5.43 Å². The van der Waals surface area contributed by atoms with E-state index in [1.165, 1.54) is 12.0 Å². The van der Waals surface area contributed by atoms with Crippen LogP contribution in [0.25, 0.3) is 0 Å². The van der Waals surface area contributed by atoms with E-state index in [2.05, 4.69) is 23.5 Å². The van der Waals surface area contributed by atoms with Crippen molar-refractivity contribution in [3.05, 3.63) is 57.3 Å². The maximum absolute atomic E-state index is 11.6. The third-order valence-corrected chi connectivity index (χ3v) is 5.66. The fourth-order valence-electron chi connectivity index (χ4n) is 2.19. The summed E-state index contributed by atoms with van der Waals surface area (Å²) in [6, 6.07) is 10.9. The van der Waals surface area contributed by atoms with Gasteiger partial charge in [-0.3, -0.25) is 0 Å². The van der Waals surface area contributed by atoms with Crippen molar-refractivity contribution in [3.63, 3.8) is 0 Å². The summed E-state index contributed by atoms with van der Waals surface area (Å²) in [7, 11) is 1.34. The first-order valence-electron chi connectivity index (χ1n) is 8.45. The zero-order valence-electron chi connectivity index (χ0n) is 15.5. The minimum atomic E-state index is -0.612. The van der Waals surface area contributed by atoms with Gasteiger partial charge in [-0.2, -0.15) is 16.9 Å². The number of benzene rings is 1. The Morgan fingerprint density at radius 1 is 1.11 bits per heavy atom. The SMILES string of the molecule is CCOC(=O)NN=C(c1ccc(C(=O)OC)cc1)c1ccc(CSCC)s1. The highest BCUT2D eigenvalue weighted by molar-refractivity contribution is 7.98. The lowest BCUT2D eigenvalue weighted by atomic mass is 10.1. The number of hydrogen-bond acceptors (Lipinski definition) is 7. The molecule has 0 saturated carbocycles. The highest BCUT2D eigenvalue weighted by Crippen LogP contribution is 2.24. The first kappa shape index (κ1) is 21.0. The van der Waals surface area contributed by atoms with Crippen LogP contribution in [0.3, 0.4) is 0 Å². The fraction of sp³-hybridized carbons (Fsp3) is 0.316. The zero-order chi connectivity index (χ0) is 19.6. The molecule has 0 unspecified atom stereocenters. The highest BCUT2D eigenvalue weighted by atomic mass is 32.2. The van der Waals surface area contributed by atoms with E-state index >= 15 is 0 Å². The molecule has 8 heteroatoms. The summed E-state index contributed by atoms with van der Waals surface area (Å²) in [4.78, 5) is 25.4. The van der Waals surface area contributed by atoms with Crippen LogP contribution in [0.4, 0.5) is 4.79 Å². The molecule has 1 amide bonds. The van der Waals surface area contributed by atoms with E-state index in [1.54, 1.807) is 42.5 Å². The summed E-state index contributed by atoms with van der Waals surface area (Å²) < 4.78 is 9.59. The van der Waals surface area contributed by atoms with Crippen LogP contribution in [0.15, 0.2) is 41.5 Å². The molecule has 0 bridgehead atoms. The summed E-state index contributed by atoms with van der Waals surface area (Å²) in [5, 5.41) is 4.25. The Labute approximate surface area is 167 Å². The lowest BCUT2D eigenvalue weighted by molar-refractivity contribution is 0.0600. The summed E-state index contributed by atoms with van der Waals surface area (Å²) >= 11 is 3.46. The Hall–Kier alpha value is -2.32. The molecule has 0 fully saturated rings. The number of thiophene rings is 1. The second-order valence-corrected chi connectivity index (χ2v) is 7.71. The van der Waals surface area contributed by atoms with Crippen molar-refractivity contribution >= 4 is 40.9 Å². The average Bonchev–Trinajstić information content (AvgIpc) is 3.15. The van der Waals surface area contributed by atoms with E-state index in [4.69, 9.17) is 9.47 Å². The summed E-state index contributed by atoms with van der Waals surface area (Å²) in [6.45, 7) is 4.12. The Bertz CT molecular complexity index is 800. The topological polar surface area (TPSA) is 77.0 Å². The van der Waals surface area contributed by atoms with Crippen LogP contribution in [-0.2, 0) is 15.2 Å². The first-order chi connectivity index (χ1) is 13.1.